The second-order valence-electron chi connectivity index (χ2n) is 8.75. The zero-order valence-electron chi connectivity index (χ0n) is 17.7. The maximum atomic E-state index is 14.7. The van der Waals surface area contributed by atoms with Crippen molar-refractivity contribution in [2.24, 2.45) is 11.5 Å². The van der Waals surface area contributed by atoms with Gasteiger partial charge in [0.1, 0.15) is 5.82 Å². The molecule has 1 amide bonds. The molecule has 2 fully saturated rings. The van der Waals surface area contributed by atoms with Crippen LogP contribution in [0.25, 0.3) is 0 Å². The van der Waals surface area contributed by atoms with Crippen LogP contribution in [0.3, 0.4) is 0 Å². The van der Waals surface area contributed by atoms with Crippen LogP contribution in [-0.2, 0) is 0 Å². The van der Waals surface area contributed by atoms with Gasteiger partial charge < -0.3 is 22.1 Å². The van der Waals surface area contributed by atoms with Crippen molar-refractivity contribution in [3.63, 3.8) is 0 Å². The minimum Gasteiger partial charge on any atom is -0.365 e. The van der Waals surface area contributed by atoms with E-state index in [1.165, 1.54) is 24.8 Å². The lowest BCUT2D eigenvalue weighted by molar-refractivity contribution is 0.100. The van der Waals surface area contributed by atoms with E-state index < -0.39 is 11.7 Å². The van der Waals surface area contributed by atoms with E-state index in [2.05, 4.69) is 20.6 Å². The second-order valence-corrected chi connectivity index (χ2v) is 8.75. The van der Waals surface area contributed by atoms with Gasteiger partial charge in [-0.1, -0.05) is 32.1 Å². The third kappa shape index (κ3) is 5.12. The summed E-state index contributed by atoms with van der Waals surface area (Å²) in [5.74, 6) is -0.586. The van der Waals surface area contributed by atoms with E-state index in [1.807, 2.05) is 12.3 Å². The molecule has 2 atom stereocenters. The zero-order chi connectivity index (χ0) is 21.8. The molecule has 0 saturated heterocycles. The fourth-order valence-electron chi connectivity index (χ4n) is 4.71. The zero-order valence-corrected chi connectivity index (χ0v) is 17.7. The molecule has 2 aliphatic carbocycles. The standard InChI is InChI=1S/C23H31FN6O/c24-18-11-17(21(26)31)22(30-23(18)29-20-9-5-4-8-19(20)25)28-16-10-15(12-27-13-16)14-6-2-1-3-7-14/h10-14,19-20H,1-9,25H2,(H2,26,31)(H2,28,29,30). The van der Waals surface area contributed by atoms with E-state index in [9.17, 15) is 9.18 Å². The Kier molecular flexibility index (Phi) is 6.65. The number of primary amides is 1. The van der Waals surface area contributed by atoms with Crippen molar-refractivity contribution in [1.82, 2.24) is 9.97 Å². The molecule has 2 heterocycles. The number of hydrogen-bond acceptors (Lipinski definition) is 6. The fraction of sp³-hybridized carbons (Fsp3) is 0.522. The molecule has 0 radical (unpaired) electrons. The molecule has 2 aliphatic rings. The Hall–Kier alpha value is -2.74. The first-order valence-corrected chi connectivity index (χ1v) is 11.3. The Bertz CT molecular complexity index is 930. The van der Waals surface area contributed by atoms with Crippen molar-refractivity contribution < 1.29 is 9.18 Å². The monoisotopic (exact) mass is 426 g/mol. The van der Waals surface area contributed by atoms with Gasteiger partial charge in [0.25, 0.3) is 5.91 Å². The first-order valence-electron chi connectivity index (χ1n) is 11.3. The maximum Gasteiger partial charge on any atom is 0.252 e. The van der Waals surface area contributed by atoms with Gasteiger partial charge in [-0.3, -0.25) is 9.78 Å². The molecular formula is C23H31FN6O. The van der Waals surface area contributed by atoms with Gasteiger partial charge in [-0.25, -0.2) is 9.37 Å². The van der Waals surface area contributed by atoms with Gasteiger partial charge >= 0.3 is 0 Å². The Morgan fingerprint density at radius 1 is 1.00 bits per heavy atom. The molecule has 0 bridgehead atoms. The molecule has 4 rings (SSSR count). The lowest BCUT2D eigenvalue weighted by Crippen LogP contribution is -2.43. The third-order valence-electron chi connectivity index (χ3n) is 6.48. The minimum absolute atomic E-state index is 0.000868. The predicted octanol–water partition coefficient (Wildman–Crippen LogP) is 4.19. The Labute approximate surface area is 182 Å². The summed E-state index contributed by atoms with van der Waals surface area (Å²) in [6.45, 7) is 0. The van der Waals surface area contributed by atoms with Crippen molar-refractivity contribution in [3.8, 4) is 0 Å². The highest BCUT2D eigenvalue weighted by Gasteiger charge is 2.24. The van der Waals surface area contributed by atoms with Gasteiger partial charge in [0.05, 0.1) is 17.4 Å². The number of nitrogens with one attached hydrogen (secondary N) is 2. The van der Waals surface area contributed by atoms with Crippen molar-refractivity contribution in [1.29, 1.82) is 0 Å². The average molecular weight is 427 g/mol. The highest BCUT2D eigenvalue weighted by atomic mass is 19.1. The topological polar surface area (TPSA) is 119 Å². The number of halogens is 1. The lowest BCUT2D eigenvalue weighted by Gasteiger charge is -2.30. The Morgan fingerprint density at radius 2 is 1.74 bits per heavy atom. The van der Waals surface area contributed by atoms with E-state index in [0.717, 1.165) is 44.6 Å². The van der Waals surface area contributed by atoms with Crippen LogP contribution < -0.4 is 22.1 Å². The number of rotatable bonds is 6. The van der Waals surface area contributed by atoms with Crippen LogP contribution in [0.2, 0.25) is 0 Å². The van der Waals surface area contributed by atoms with E-state index in [-0.39, 0.29) is 29.3 Å². The summed E-state index contributed by atoms with van der Waals surface area (Å²) < 4.78 is 14.7. The minimum atomic E-state index is -0.744. The number of amides is 1. The van der Waals surface area contributed by atoms with Crippen LogP contribution in [0.5, 0.6) is 0 Å². The van der Waals surface area contributed by atoms with Crippen LogP contribution in [0.15, 0.2) is 24.5 Å². The molecular weight excluding hydrogens is 395 g/mol. The van der Waals surface area contributed by atoms with Crippen LogP contribution in [-0.4, -0.2) is 28.0 Å². The average Bonchev–Trinajstić information content (AvgIpc) is 2.78. The van der Waals surface area contributed by atoms with Crippen molar-refractivity contribution >= 4 is 23.2 Å². The highest BCUT2D eigenvalue weighted by Crippen LogP contribution is 2.34. The van der Waals surface area contributed by atoms with Crippen LogP contribution in [0.4, 0.5) is 21.7 Å². The normalized spacial score (nSPS) is 22.1. The van der Waals surface area contributed by atoms with E-state index in [0.29, 0.717) is 11.6 Å². The molecule has 7 nitrogen and oxygen atoms in total. The van der Waals surface area contributed by atoms with Gasteiger partial charge in [-0.15, -0.1) is 0 Å². The smallest absolute Gasteiger partial charge is 0.252 e. The first kappa shape index (κ1) is 21.5. The van der Waals surface area contributed by atoms with Gasteiger partial charge in [0.2, 0.25) is 0 Å². The Balaban J connectivity index is 1.60. The quantitative estimate of drug-likeness (QED) is 0.550. The van der Waals surface area contributed by atoms with E-state index in [1.54, 1.807) is 6.20 Å². The summed E-state index contributed by atoms with van der Waals surface area (Å²) in [5.41, 5.74) is 13.6. The second kappa shape index (κ2) is 9.60. The molecule has 31 heavy (non-hydrogen) atoms. The van der Waals surface area contributed by atoms with Crippen LogP contribution in [0.1, 0.15) is 79.6 Å². The number of pyridine rings is 2. The molecule has 0 aliphatic heterocycles. The number of carbonyl (C=O) groups excluding carboxylic acids is 1. The molecule has 2 unspecified atom stereocenters. The molecule has 166 valence electrons. The summed E-state index contributed by atoms with van der Waals surface area (Å²) in [5, 5.41) is 6.27. The van der Waals surface area contributed by atoms with E-state index >= 15 is 0 Å². The van der Waals surface area contributed by atoms with Crippen LogP contribution >= 0.6 is 0 Å². The van der Waals surface area contributed by atoms with Gasteiger partial charge in [0.15, 0.2) is 11.6 Å². The number of carbonyl (C=O) groups is 1. The van der Waals surface area contributed by atoms with Crippen molar-refractivity contribution in [2.45, 2.75) is 75.8 Å². The fourth-order valence-corrected chi connectivity index (χ4v) is 4.71. The summed E-state index contributed by atoms with van der Waals surface area (Å²) in [6.07, 6.45) is 13.5. The number of anilines is 3. The number of nitrogens with two attached hydrogens (primary N) is 2. The lowest BCUT2D eigenvalue weighted by atomic mass is 9.85. The summed E-state index contributed by atoms with van der Waals surface area (Å²) in [6, 6.07) is 3.05. The number of nitrogens with zero attached hydrogens (tertiary/aromatic N) is 2. The molecule has 2 saturated carbocycles. The Morgan fingerprint density at radius 3 is 2.48 bits per heavy atom. The largest absolute Gasteiger partial charge is 0.365 e. The van der Waals surface area contributed by atoms with Gasteiger partial charge in [-0.05, 0) is 49.3 Å². The summed E-state index contributed by atoms with van der Waals surface area (Å²) in [7, 11) is 0. The summed E-state index contributed by atoms with van der Waals surface area (Å²) in [4.78, 5) is 20.7. The van der Waals surface area contributed by atoms with Gasteiger partial charge in [0, 0.05) is 18.3 Å². The number of hydrogen-bond donors (Lipinski definition) is 4. The molecule has 8 heteroatoms. The molecule has 0 spiro atoms. The molecule has 0 aromatic carbocycles. The highest BCUT2D eigenvalue weighted by molar-refractivity contribution is 5.98. The third-order valence-corrected chi connectivity index (χ3v) is 6.48. The van der Waals surface area contributed by atoms with Crippen molar-refractivity contribution in [2.75, 3.05) is 10.6 Å². The SMILES string of the molecule is NC(=O)c1cc(F)c(NC2CCCCC2N)nc1Nc1cncc(C2CCCCC2)c1. The first-order chi connectivity index (χ1) is 15.0. The van der Waals surface area contributed by atoms with E-state index in [4.69, 9.17) is 11.5 Å². The maximum absolute atomic E-state index is 14.7. The van der Waals surface area contributed by atoms with Gasteiger partial charge in [-0.2, -0.15) is 0 Å². The molecule has 2 aromatic heterocycles. The summed E-state index contributed by atoms with van der Waals surface area (Å²) >= 11 is 0. The predicted molar refractivity (Wildman–Crippen MR) is 120 cm³/mol. The number of aromatic nitrogens is 2. The molecule has 6 N–H and O–H groups in total. The van der Waals surface area contributed by atoms with Crippen molar-refractivity contribution in [3.05, 3.63) is 41.5 Å². The molecule has 2 aromatic rings. The van der Waals surface area contributed by atoms with Crippen LogP contribution in [0, 0.1) is 5.82 Å².